The zero-order valence-corrected chi connectivity index (χ0v) is 10.7. The van der Waals surface area contributed by atoms with Gasteiger partial charge in [-0.25, -0.2) is 13.2 Å². The van der Waals surface area contributed by atoms with Gasteiger partial charge < -0.3 is 16.8 Å². The number of nitrogen functional groups attached to an aromatic ring is 1. The van der Waals surface area contributed by atoms with Gasteiger partial charge in [-0.3, -0.25) is 0 Å². The van der Waals surface area contributed by atoms with Gasteiger partial charge in [0.1, 0.15) is 0 Å². The van der Waals surface area contributed by atoms with Gasteiger partial charge >= 0.3 is 6.03 Å². The van der Waals surface area contributed by atoms with E-state index in [0.717, 1.165) is 0 Å². The van der Waals surface area contributed by atoms with E-state index in [9.17, 15) is 13.2 Å². The molecule has 0 aliphatic rings. The van der Waals surface area contributed by atoms with Crippen LogP contribution in [0.25, 0.3) is 0 Å². The largest absolute Gasteiger partial charge is 0.399 e. The molecule has 0 aliphatic carbocycles. The number of nitrogens with one attached hydrogen (secondary N) is 1. The molecule has 0 heterocycles. The van der Waals surface area contributed by atoms with E-state index in [2.05, 4.69) is 5.32 Å². The molecule has 0 unspecified atom stereocenters. The topological polar surface area (TPSA) is 115 Å². The number of rotatable bonds is 6. The molecule has 1 aromatic rings. The first kappa shape index (κ1) is 14.3. The van der Waals surface area contributed by atoms with Crippen LogP contribution in [0.15, 0.2) is 29.2 Å². The smallest absolute Gasteiger partial charge is 0.312 e. The molecule has 2 amide bonds. The van der Waals surface area contributed by atoms with Crippen molar-refractivity contribution in [1.29, 1.82) is 0 Å². The number of benzene rings is 1. The maximum Gasteiger partial charge on any atom is 0.312 e. The van der Waals surface area contributed by atoms with Crippen molar-refractivity contribution in [2.75, 3.05) is 18.0 Å². The highest BCUT2D eigenvalue weighted by atomic mass is 32.2. The van der Waals surface area contributed by atoms with E-state index in [0.29, 0.717) is 25.1 Å². The Kier molecular flexibility index (Phi) is 4.96. The van der Waals surface area contributed by atoms with E-state index in [1.54, 1.807) is 12.1 Å². The van der Waals surface area contributed by atoms with Crippen LogP contribution in [0.3, 0.4) is 0 Å². The van der Waals surface area contributed by atoms with Crippen molar-refractivity contribution in [1.82, 2.24) is 5.32 Å². The number of carbonyl (C=O) groups is 1. The zero-order chi connectivity index (χ0) is 13.6. The molecule has 18 heavy (non-hydrogen) atoms. The lowest BCUT2D eigenvalue weighted by Crippen LogP contribution is -2.30. The van der Waals surface area contributed by atoms with Gasteiger partial charge in [0.2, 0.25) is 0 Å². The van der Waals surface area contributed by atoms with E-state index >= 15 is 0 Å². The second-order valence-electron chi connectivity index (χ2n) is 3.89. The minimum atomic E-state index is -3.28. The van der Waals surface area contributed by atoms with Crippen LogP contribution >= 0.6 is 0 Å². The number of hydrogen-bond donors (Lipinski definition) is 3. The molecule has 0 aliphatic heterocycles. The van der Waals surface area contributed by atoms with Crippen LogP contribution in [0.2, 0.25) is 0 Å². The van der Waals surface area contributed by atoms with Crippen LogP contribution in [-0.4, -0.2) is 26.7 Å². The second-order valence-corrected chi connectivity index (χ2v) is 6.00. The highest BCUT2D eigenvalue weighted by Gasteiger charge is 2.13. The predicted molar refractivity (Wildman–Crippen MR) is 69.7 cm³/mol. The van der Waals surface area contributed by atoms with Crippen LogP contribution in [0.1, 0.15) is 12.8 Å². The summed E-state index contributed by atoms with van der Waals surface area (Å²) in [4.78, 5) is 10.7. The van der Waals surface area contributed by atoms with Gasteiger partial charge in [-0.15, -0.1) is 0 Å². The van der Waals surface area contributed by atoms with E-state index in [1.165, 1.54) is 12.1 Å². The Morgan fingerprint density at radius 1 is 1.17 bits per heavy atom. The molecule has 1 aromatic carbocycles. The minimum Gasteiger partial charge on any atom is -0.399 e. The van der Waals surface area contributed by atoms with Crippen molar-refractivity contribution < 1.29 is 13.2 Å². The molecule has 5 N–H and O–H groups in total. The van der Waals surface area contributed by atoms with E-state index < -0.39 is 15.9 Å². The summed E-state index contributed by atoms with van der Waals surface area (Å²) < 4.78 is 23.8. The summed E-state index contributed by atoms with van der Waals surface area (Å²) in [6.45, 7) is 0.382. The van der Waals surface area contributed by atoms with Crippen molar-refractivity contribution in [2.45, 2.75) is 17.7 Å². The maximum atomic E-state index is 11.9. The summed E-state index contributed by atoms with van der Waals surface area (Å²) in [6.07, 6.45) is 1.03. The van der Waals surface area contributed by atoms with Crippen molar-refractivity contribution in [3.8, 4) is 0 Å². The molecule has 100 valence electrons. The van der Waals surface area contributed by atoms with Crippen LogP contribution < -0.4 is 16.8 Å². The molecule has 0 aromatic heterocycles. The Hall–Kier alpha value is -1.76. The number of urea groups is 1. The molecule has 0 radical (unpaired) electrons. The molecule has 0 atom stereocenters. The number of anilines is 1. The summed E-state index contributed by atoms with van der Waals surface area (Å²) in [5.41, 5.74) is 10.9. The number of primary amides is 1. The maximum absolute atomic E-state index is 11.9. The van der Waals surface area contributed by atoms with Crippen LogP contribution in [-0.2, 0) is 9.84 Å². The second kappa shape index (κ2) is 6.25. The zero-order valence-electron chi connectivity index (χ0n) is 9.93. The molecule has 0 saturated carbocycles. The summed E-state index contributed by atoms with van der Waals surface area (Å²) in [5.74, 6) is 0.0390. The SMILES string of the molecule is NC(=O)NCCCCS(=O)(=O)c1ccc(N)cc1. The average Bonchev–Trinajstić information content (AvgIpc) is 2.28. The van der Waals surface area contributed by atoms with Crippen molar-refractivity contribution in [3.63, 3.8) is 0 Å². The average molecular weight is 271 g/mol. The third kappa shape index (κ3) is 4.62. The molecule has 1 rings (SSSR count). The normalized spacial score (nSPS) is 11.1. The fourth-order valence-corrected chi connectivity index (χ4v) is 2.79. The quantitative estimate of drug-likeness (QED) is 0.516. The Bertz CT molecular complexity index is 497. The van der Waals surface area contributed by atoms with E-state index in [1.807, 2.05) is 0 Å². The van der Waals surface area contributed by atoms with Crippen LogP contribution in [0.5, 0.6) is 0 Å². The summed E-state index contributed by atoms with van der Waals surface area (Å²) in [7, 11) is -3.28. The fourth-order valence-electron chi connectivity index (χ4n) is 1.42. The van der Waals surface area contributed by atoms with Gasteiger partial charge in [0.25, 0.3) is 0 Å². The summed E-state index contributed by atoms with van der Waals surface area (Å²) >= 11 is 0. The third-order valence-electron chi connectivity index (χ3n) is 2.38. The van der Waals surface area contributed by atoms with Gasteiger partial charge in [0.15, 0.2) is 9.84 Å². The van der Waals surface area contributed by atoms with Gasteiger partial charge in [-0.1, -0.05) is 0 Å². The van der Waals surface area contributed by atoms with Gasteiger partial charge in [-0.05, 0) is 37.1 Å². The third-order valence-corrected chi connectivity index (χ3v) is 4.19. The number of amides is 2. The first-order chi connectivity index (χ1) is 8.42. The Morgan fingerprint density at radius 2 is 1.78 bits per heavy atom. The number of carbonyl (C=O) groups excluding carboxylic acids is 1. The lowest BCUT2D eigenvalue weighted by atomic mass is 10.3. The first-order valence-electron chi connectivity index (χ1n) is 5.53. The highest BCUT2D eigenvalue weighted by Crippen LogP contribution is 2.14. The van der Waals surface area contributed by atoms with Gasteiger partial charge in [0, 0.05) is 12.2 Å². The molecule has 0 saturated heterocycles. The van der Waals surface area contributed by atoms with E-state index in [4.69, 9.17) is 11.5 Å². The predicted octanol–water partition coefficient (Wildman–Crippen LogP) is 0.491. The highest BCUT2D eigenvalue weighted by molar-refractivity contribution is 7.91. The van der Waals surface area contributed by atoms with Gasteiger partial charge in [0.05, 0.1) is 10.6 Å². The molecular weight excluding hydrogens is 254 g/mol. The monoisotopic (exact) mass is 271 g/mol. The van der Waals surface area contributed by atoms with Crippen molar-refractivity contribution in [3.05, 3.63) is 24.3 Å². The molecule has 6 nitrogen and oxygen atoms in total. The van der Waals surface area contributed by atoms with Crippen molar-refractivity contribution >= 4 is 21.6 Å². The van der Waals surface area contributed by atoms with Gasteiger partial charge in [-0.2, -0.15) is 0 Å². The lowest BCUT2D eigenvalue weighted by molar-refractivity contribution is 0.249. The number of hydrogen-bond acceptors (Lipinski definition) is 4. The molecule has 0 bridgehead atoms. The molecular formula is C11H17N3O3S. The molecule has 0 spiro atoms. The Morgan fingerprint density at radius 3 is 2.33 bits per heavy atom. The van der Waals surface area contributed by atoms with Crippen LogP contribution in [0, 0.1) is 0 Å². The van der Waals surface area contributed by atoms with Crippen molar-refractivity contribution in [2.24, 2.45) is 5.73 Å². The molecule has 7 heteroatoms. The molecule has 0 fully saturated rings. The summed E-state index contributed by atoms with van der Waals surface area (Å²) in [5, 5.41) is 2.41. The Labute approximate surface area is 106 Å². The first-order valence-corrected chi connectivity index (χ1v) is 7.18. The summed E-state index contributed by atoms with van der Waals surface area (Å²) in [6, 6.07) is 5.50. The lowest BCUT2D eigenvalue weighted by Gasteiger charge is -2.05. The van der Waals surface area contributed by atoms with E-state index in [-0.39, 0.29) is 10.6 Å². The Balaban J connectivity index is 2.45. The number of sulfone groups is 1. The number of unbranched alkanes of at least 4 members (excludes halogenated alkanes) is 1. The standard InChI is InChI=1S/C11H17N3O3S/c12-9-3-5-10(6-4-9)18(16,17)8-2-1-7-14-11(13)15/h3-6H,1-2,7-8,12H2,(H3,13,14,15). The fraction of sp³-hybridized carbons (Fsp3) is 0.364. The number of nitrogens with two attached hydrogens (primary N) is 2. The van der Waals surface area contributed by atoms with Crippen LogP contribution in [0.4, 0.5) is 10.5 Å². The minimum absolute atomic E-state index is 0.0390.